The molecule has 5 nitrogen and oxygen atoms in total. The Labute approximate surface area is 122 Å². The van der Waals surface area contributed by atoms with E-state index in [1.807, 2.05) is 0 Å². The van der Waals surface area contributed by atoms with Crippen LogP contribution in [0.25, 0.3) is 0 Å². The molecule has 21 heavy (non-hydrogen) atoms. The van der Waals surface area contributed by atoms with Gasteiger partial charge in [-0.05, 0) is 30.3 Å². The Hall–Kier alpha value is -2.28. The summed E-state index contributed by atoms with van der Waals surface area (Å²) in [6.07, 6.45) is 1.08. The number of anilines is 2. The summed E-state index contributed by atoms with van der Waals surface area (Å²) in [5.41, 5.74) is 1.61. The quantitative estimate of drug-likeness (QED) is 0.793. The van der Waals surface area contributed by atoms with Gasteiger partial charge in [-0.15, -0.1) is 0 Å². The van der Waals surface area contributed by atoms with Gasteiger partial charge in [0.15, 0.2) is 11.6 Å². The summed E-state index contributed by atoms with van der Waals surface area (Å²) < 4.78 is 37.7. The Kier molecular flexibility index (Phi) is 4.32. The molecule has 2 aromatic rings. The van der Waals surface area contributed by atoms with Crippen molar-refractivity contribution in [3.63, 3.8) is 0 Å². The van der Waals surface area contributed by atoms with E-state index < -0.39 is 15.8 Å². The number of hydrogen-bond acceptors (Lipinski definition) is 4. The normalized spacial score (nSPS) is 11.1. The van der Waals surface area contributed by atoms with E-state index >= 15 is 0 Å². The first kappa shape index (κ1) is 15.1. The van der Waals surface area contributed by atoms with Crippen LogP contribution in [0.4, 0.5) is 15.8 Å². The van der Waals surface area contributed by atoms with Crippen LogP contribution in [-0.2, 0) is 16.6 Å². The van der Waals surface area contributed by atoms with Crippen LogP contribution < -0.4 is 10.0 Å². The minimum absolute atomic E-state index is 0.252. The number of benzene rings is 2. The lowest BCUT2D eigenvalue weighted by atomic mass is 10.2. The van der Waals surface area contributed by atoms with E-state index in [0.29, 0.717) is 11.3 Å². The molecular weight excluding hydrogens is 295 g/mol. The van der Waals surface area contributed by atoms with E-state index in [1.165, 1.54) is 12.1 Å². The predicted octanol–water partition coefficient (Wildman–Crippen LogP) is 2.51. The number of aromatic hydroxyl groups is 1. The second kappa shape index (κ2) is 6.01. The third kappa shape index (κ3) is 4.35. The molecule has 3 N–H and O–H groups in total. The molecule has 0 fully saturated rings. The van der Waals surface area contributed by atoms with Crippen LogP contribution in [0.15, 0.2) is 42.5 Å². The van der Waals surface area contributed by atoms with E-state index in [-0.39, 0.29) is 12.3 Å². The fourth-order valence-electron chi connectivity index (χ4n) is 1.77. The zero-order chi connectivity index (χ0) is 15.5. The van der Waals surface area contributed by atoms with E-state index in [1.54, 1.807) is 30.3 Å². The molecule has 0 spiro atoms. The Morgan fingerprint density at radius 3 is 2.33 bits per heavy atom. The molecule has 0 aliphatic carbocycles. The summed E-state index contributed by atoms with van der Waals surface area (Å²) in [6.45, 7) is 0.252. The smallest absolute Gasteiger partial charge is 0.229 e. The van der Waals surface area contributed by atoms with Gasteiger partial charge in [-0.1, -0.05) is 12.1 Å². The van der Waals surface area contributed by atoms with Gasteiger partial charge >= 0.3 is 0 Å². The topological polar surface area (TPSA) is 78.4 Å². The minimum Gasteiger partial charge on any atom is -0.505 e. The van der Waals surface area contributed by atoms with Crippen molar-refractivity contribution < 1.29 is 17.9 Å². The number of hydrogen-bond donors (Lipinski definition) is 3. The lowest BCUT2D eigenvalue weighted by Crippen LogP contribution is -2.09. The molecule has 0 radical (unpaired) electrons. The van der Waals surface area contributed by atoms with Crippen LogP contribution in [0.1, 0.15) is 5.56 Å². The lowest BCUT2D eigenvalue weighted by molar-refractivity contribution is 0.427. The molecule has 0 aromatic heterocycles. The van der Waals surface area contributed by atoms with Crippen molar-refractivity contribution in [2.24, 2.45) is 0 Å². The van der Waals surface area contributed by atoms with Gasteiger partial charge in [0.1, 0.15) is 0 Å². The Morgan fingerprint density at radius 1 is 1.10 bits per heavy atom. The van der Waals surface area contributed by atoms with Gasteiger partial charge in [-0.3, -0.25) is 4.72 Å². The highest BCUT2D eigenvalue weighted by Gasteiger charge is 2.06. The van der Waals surface area contributed by atoms with Gasteiger partial charge in [0.05, 0.1) is 6.26 Å². The highest BCUT2D eigenvalue weighted by molar-refractivity contribution is 7.92. The van der Waals surface area contributed by atoms with Crippen molar-refractivity contribution in [2.75, 3.05) is 16.3 Å². The zero-order valence-corrected chi connectivity index (χ0v) is 12.1. The number of phenols is 1. The molecule has 2 aromatic carbocycles. The van der Waals surface area contributed by atoms with Crippen molar-refractivity contribution in [3.05, 3.63) is 53.8 Å². The molecular formula is C14H15FN2O3S. The maximum absolute atomic E-state index is 13.2. The van der Waals surface area contributed by atoms with Gasteiger partial charge in [0.2, 0.25) is 10.0 Å². The number of rotatable bonds is 5. The first-order valence-electron chi connectivity index (χ1n) is 6.13. The second-order valence-electron chi connectivity index (χ2n) is 4.55. The molecule has 0 saturated heterocycles. The van der Waals surface area contributed by atoms with Crippen LogP contribution in [0.3, 0.4) is 0 Å². The zero-order valence-electron chi connectivity index (χ0n) is 11.3. The van der Waals surface area contributed by atoms with Crippen LogP contribution in [-0.4, -0.2) is 19.8 Å². The highest BCUT2D eigenvalue weighted by Crippen LogP contribution is 2.22. The van der Waals surface area contributed by atoms with E-state index in [9.17, 15) is 17.9 Å². The van der Waals surface area contributed by atoms with Crippen LogP contribution >= 0.6 is 0 Å². The van der Waals surface area contributed by atoms with E-state index in [0.717, 1.165) is 11.9 Å². The summed E-state index contributed by atoms with van der Waals surface area (Å²) in [5, 5.41) is 12.6. The summed E-state index contributed by atoms with van der Waals surface area (Å²) in [5.74, 6) is -1.04. The predicted molar refractivity (Wildman–Crippen MR) is 80.3 cm³/mol. The molecule has 0 amide bonds. The van der Waals surface area contributed by atoms with Crippen molar-refractivity contribution >= 4 is 21.4 Å². The van der Waals surface area contributed by atoms with Gasteiger partial charge in [-0.25, -0.2) is 12.8 Å². The van der Waals surface area contributed by atoms with Gasteiger partial charge in [-0.2, -0.15) is 0 Å². The average molecular weight is 310 g/mol. The maximum atomic E-state index is 13.2. The second-order valence-corrected chi connectivity index (χ2v) is 6.30. The Bertz CT molecular complexity index is 730. The first-order valence-corrected chi connectivity index (χ1v) is 8.02. The standard InChI is InChI=1S/C14H15FN2O3S/c1-21(19,20)17-12-7-5-11(6-8-12)16-9-10-3-2-4-13(15)14(10)18/h2-8,16-18H,9H2,1H3. The molecule has 0 aliphatic heterocycles. The molecule has 0 heterocycles. The maximum Gasteiger partial charge on any atom is 0.229 e. The highest BCUT2D eigenvalue weighted by atomic mass is 32.2. The number of sulfonamides is 1. The van der Waals surface area contributed by atoms with Crippen LogP contribution in [0, 0.1) is 5.82 Å². The number of halogens is 1. The van der Waals surface area contributed by atoms with Crippen molar-refractivity contribution in [1.82, 2.24) is 0 Å². The lowest BCUT2D eigenvalue weighted by Gasteiger charge is -2.10. The number of nitrogens with one attached hydrogen (secondary N) is 2. The van der Waals surface area contributed by atoms with Gasteiger partial charge in [0.25, 0.3) is 0 Å². The molecule has 7 heteroatoms. The number of phenolic OH excluding ortho intramolecular Hbond substituents is 1. The molecule has 0 atom stereocenters. The van der Waals surface area contributed by atoms with Crippen molar-refractivity contribution in [3.8, 4) is 5.75 Å². The van der Waals surface area contributed by atoms with Crippen molar-refractivity contribution in [1.29, 1.82) is 0 Å². The SMILES string of the molecule is CS(=O)(=O)Nc1ccc(NCc2cccc(F)c2O)cc1. The largest absolute Gasteiger partial charge is 0.505 e. The van der Waals surface area contributed by atoms with Gasteiger partial charge < -0.3 is 10.4 Å². The molecule has 0 aliphatic rings. The third-order valence-corrected chi connectivity index (χ3v) is 3.35. The summed E-state index contributed by atoms with van der Waals surface area (Å²) in [4.78, 5) is 0. The number of para-hydroxylation sites is 1. The molecule has 2 rings (SSSR count). The Morgan fingerprint density at radius 2 is 1.71 bits per heavy atom. The van der Waals surface area contributed by atoms with Gasteiger partial charge in [0, 0.05) is 23.5 Å². The Balaban J connectivity index is 2.02. The molecule has 112 valence electrons. The molecule has 0 saturated carbocycles. The monoisotopic (exact) mass is 310 g/mol. The van der Waals surface area contributed by atoms with Crippen molar-refractivity contribution in [2.45, 2.75) is 6.54 Å². The van der Waals surface area contributed by atoms with E-state index in [2.05, 4.69) is 10.0 Å². The summed E-state index contributed by atoms with van der Waals surface area (Å²) >= 11 is 0. The summed E-state index contributed by atoms with van der Waals surface area (Å²) in [6, 6.07) is 10.9. The molecule has 0 bridgehead atoms. The first-order chi connectivity index (χ1) is 9.85. The van der Waals surface area contributed by atoms with E-state index in [4.69, 9.17) is 0 Å². The minimum atomic E-state index is -3.30. The van der Waals surface area contributed by atoms with Crippen LogP contribution in [0.2, 0.25) is 0 Å². The third-order valence-electron chi connectivity index (χ3n) is 2.74. The summed E-state index contributed by atoms with van der Waals surface area (Å²) in [7, 11) is -3.30. The fraction of sp³-hybridized carbons (Fsp3) is 0.143. The van der Waals surface area contributed by atoms with Crippen LogP contribution in [0.5, 0.6) is 5.75 Å². The molecule has 0 unspecified atom stereocenters. The fourth-order valence-corrected chi connectivity index (χ4v) is 2.33. The average Bonchev–Trinajstić information content (AvgIpc) is 2.40.